The van der Waals surface area contributed by atoms with Crippen LogP contribution in [0.1, 0.15) is 5.56 Å². The molecule has 1 heterocycles. The molecule has 0 radical (unpaired) electrons. The van der Waals surface area contributed by atoms with Crippen LogP contribution in [0.5, 0.6) is 0 Å². The van der Waals surface area contributed by atoms with Crippen molar-refractivity contribution in [3.63, 3.8) is 0 Å². The van der Waals surface area contributed by atoms with E-state index < -0.39 is 5.82 Å². The Balaban J connectivity index is 1.61. The van der Waals surface area contributed by atoms with Gasteiger partial charge in [-0.05, 0) is 36.4 Å². The lowest BCUT2D eigenvalue weighted by atomic mass is 10.2. The molecule has 0 aliphatic rings. The number of amides is 1. The molecular formula is C24H19ClFN3O2S. The minimum absolute atomic E-state index is 0.0280. The Bertz CT molecular complexity index is 1320. The standard InChI is InChI=1S/C24H19ClFN3O2S/c1-28(14-18-19(25)11-7-12-20(18)26)22(30)15-32-24-27-21-13-6-5-10-17(21)23(31)29(24)16-8-3-2-4-9-16/h2-13H,14-15H2,1H3. The lowest BCUT2D eigenvalue weighted by Gasteiger charge is -2.19. The maximum Gasteiger partial charge on any atom is 0.266 e. The van der Waals surface area contributed by atoms with E-state index in [0.717, 1.165) is 11.8 Å². The molecule has 32 heavy (non-hydrogen) atoms. The van der Waals surface area contributed by atoms with E-state index in [0.29, 0.717) is 21.7 Å². The van der Waals surface area contributed by atoms with Crippen molar-refractivity contribution in [1.82, 2.24) is 14.5 Å². The summed E-state index contributed by atoms with van der Waals surface area (Å²) in [5, 5.41) is 1.18. The lowest BCUT2D eigenvalue weighted by Crippen LogP contribution is -2.29. The zero-order valence-electron chi connectivity index (χ0n) is 17.2. The number of nitrogens with zero attached hydrogens (tertiary/aromatic N) is 3. The van der Waals surface area contributed by atoms with Gasteiger partial charge in [0, 0.05) is 24.2 Å². The average molecular weight is 468 g/mol. The van der Waals surface area contributed by atoms with Crippen LogP contribution in [0.4, 0.5) is 4.39 Å². The molecule has 5 nitrogen and oxygen atoms in total. The summed E-state index contributed by atoms with van der Waals surface area (Å²) in [7, 11) is 1.59. The highest BCUT2D eigenvalue weighted by Gasteiger charge is 2.18. The van der Waals surface area contributed by atoms with E-state index in [1.165, 1.54) is 21.6 Å². The Morgan fingerprint density at radius 2 is 1.78 bits per heavy atom. The summed E-state index contributed by atoms with van der Waals surface area (Å²) in [6.45, 7) is 0.0432. The molecule has 1 amide bonds. The molecule has 0 bridgehead atoms. The van der Waals surface area contributed by atoms with Gasteiger partial charge in [0.15, 0.2) is 5.16 Å². The number of para-hydroxylation sites is 2. The van der Waals surface area contributed by atoms with Gasteiger partial charge in [-0.1, -0.05) is 59.8 Å². The number of rotatable bonds is 6. The number of carbonyl (C=O) groups excluding carboxylic acids is 1. The van der Waals surface area contributed by atoms with Crippen LogP contribution in [0.2, 0.25) is 5.02 Å². The van der Waals surface area contributed by atoms with E-state index in [-0.39, 0.29) is 34.4 Å². The van der Waals surface area contributed by atoms with Crippen LogP contribution in [0.3, 0.4) is 0 Å². The first-order valence-corrected chi connectivity index (χ1v) is 11.2. The molecule has 0 aliphatic heterocycles. The Morgan fingerprint density at radius 3 is 2.53 bits per heavy atom. The summed E-state index contributed by atoms with van der Waals surface area (Å²) in [4.78, 5) is 32.0. The van der Waals surface area contributed by atoms with Crippen LogP contribution in [-0.4, -0.2) is 33.2 Å². The summed E-state index contributed by atoms with van der Waals surface area (Å²) < 4.78 is 15.6. The summed E-state index contributed by atoms with van der Waals surface area (Å²) in [5.74, 6) is -0.671. The molecule has 1 aromatic heterocycles. The molecule has 0 N–H and O–H groups in total. The summed E-state index contributed by atoms with van der Waals surface area (Å²) in [6, 6.07) is 20.7. The van der Waals surface area contributed by atoms with Gasteiger partial charge in [-0.15, -0.1) is 0 Å². The van der Waals surface area contributed by atoms with Crippen molar-refractivity contribution < 1.29 is 9.18 Å². The highest BCUT2D eigenvalue weighted by atomic mass is 35.5. The second-order valence-electron chi connectivity index (χ2n) is 7.13. The van der Waals surface area contributed by atoms with Crippen LogP contribution in [0, 0.1) is 5.82 Å². The highest BCUT2D eigenvalue weighted by Crippen LogP contribution is 2.23. The molecule has 0 aliphatic carbocycles. The SMILES string of the molecule is CN(Cc1c(F)cccc1Cl)C(=O)CSc1nc2ccccc2c(=O)n1-c1ccccc1. The predicted molar refractivity (Wildman–Crippen MR) is 126 cm³/mol. The Morgan fingerprint density at radius 1 is 1.06 bits per heavy atom. The van der Waals surface area contributed by atoms with Crippen molar-refractivity contribution in [2.24, 2.45) is 0 Å². The van der Waals surface area contributed by atoms with E-state index >= 15 is 0 Å². The van der Waals surface area contributed by atoms with Gasteiger partial charge >= 0.3 is 0 Å². The number of benzene rings is 3. The molecule has 3 aromatic carbocycles. The molecular weight excluding hydrogens is 449 g/mol. The largest absolute Gasteiger partial charge is 0.341 e. The molecule has 4 aromatic rings. The van der Waals surface area contributed by atoms with E-state index in [4.69, 9.17) is 11.6 Å². The van der Waals surface area contributed by atoms with Gasteiger partial charge in [0.25, 0.3) is 5.56 Å². The normalized spacial score (nSPS) is 11.0. The highest BCUT2D eigenvalue weighted by molar-refractivity contribution is 7.99. The van der Waals surface area contributed by atoms with Gasteiger partial charge in [-0.3, -0.25) is 14.2 Å². The van der Waals surface area contributed by atoms with Crippen molar-refractivity contribution in [2.75, 3.05) is 12.8 Å². The van der Waals surface area contributed by atoms with E-state index in [1.54, 1.807) is 31.3 Å². The van der Waals surface area contributed by atoms with Gasteiger partial charge in [-0.25, -0.2) is 9.37 Å². The van der Waals surface area contributed by atoms with E-state index in [2.05, 4.69) is 4.98 Å². The van der Waals surface area contributed by atoms with Crippen LogP contribution < -0.4 is 5.56 Å². The number of hydrogen-bond acceptors (Lipinski definition) is 4. The topological polar surface area (TPSA) is 55.2 Å². The molecule has 0 atom stereocenters. The Hall–Kier alpha value is -3.16. The first-order valence-electron chi connectivity index (χ1n) is 9.82. The Kier molecular flexibility index (Phi) is 6.58. The minimum Gasteiger partial charge on any atom is -0.341 e. The number of hydrogen-bond donors (Lipinski definition) is 0. The summed E-state index contributed by atoms with van der Waals surface area (Å²) in [6.07, 6.45) is 0. The van der Waals surface area contributed by atoms with Crippen LogP contribution in [-0.2, 0) is 11.3 Å². The molecule has 0 saturated heterocycles. The van der Waals surface area contributed by atoms with Gasteiger partial charge in [0.05, 0.1) is 22.3 Å². The molecule has 0 spiro atoms. The molecule has 4 rings (SSSR count). The van der Waals surface area contributed by atoms with Crippen molar-refractivity contribution in [2.45, 2.75) is 11.7 Å². The summed E-state index contributed by atoms with van der Waals surface area (Å²) >= 11 is 7.24. The minimum atomic E-state index is -0.459. The van der Waals surface area contributed by atoms with Crippen molar-refractivity contribution in [1.29, 1.82) is 0 Å². The predicted octanol–water partition coefficient (Wildman–Crippen LogP) is 4.93. The number of thioether (sulfide) groups is 1. The lowest BCUT2D eigenvalue weighted by molar-refractivity contribution is -0.127. The smallest absolute Gasteiger partial charge is 0.266 e. The molecule has 0 fully saturated rings. The second kappa shape index (κ2) is 9.54. The maximum absolute atomic E-state index is 14.1. The quantitative estimate of drug-likeness (QED) is 0.298. The van der Waals surface area contributed by atoms with E-state index in [9.17, 15) is 14.0 Å². The number of fused-ring (bicyclic) bond motifs is 1. The fourth-order valence-electron chi connectivity index (χ4n) is 3.26. The van der Waals surface area contributed by atoms with Crippen LogP contribution in [0.25, 0.3) is 16.6 Å². The Labute approximate surface area is 193 Å². The number of halogens is 2. The zero-order valence-corrected chi connectivity index (χ0v) is 18.7. The van der Waals surface area contributed by atoms with Crippen LogP contribution >= 0.6 is 23.4 Å². The van der Waals surface area contributed by atoms with Gasteiger partial charge in [-0.2, -0.15) is 0 Å². The third-order valence-electron chi connectivity index (χ3n) is 4.97. The van der Waals surface area contributed by atoms with Crippen LogP contribution in [0.15, 0.2) is 82.7 Å². The van der Waals surface area contributed by atoms with Gasteiger partial charge in [0.2, 0.25) is 5.91 Å². The number of carbonyl (C=O) groups is 1. The second-order valence-corrected chi connectivity index (χ2v) is 8.48. The summed E-state index contributed by atoms with van der Waals surface area (Å²) in [5.41, 5.74) is 1.28. The van der Waals surface area contributed by atoms with Gasteiger partial charge in [0.1, 0.15) is 5.82 Å². The maximum atomic E-state index is 14.1. The first-order chi connectivity index (χ1) is 15.5. The third-order valence-corrected chi connectivity index (χ3v) is 6.24. The fourth-order valence-corrected chi connectivity index (χ4v) is 4.44. The molecule has 0 unspecified atom stereocenters. The van der Waals surface area contributed by atoms with Crippen molar-refractivity contribution in [3.8, 4) is 5.69 Å². The monoisotopic (exact) mass is 467 g/mol. The van der Waals surface area contributed by atoms with Crippen molar-refractivity contribution in [3.05, 3.63) is 99.6 Å². The van der Waals surface area contributed by atoms with E-state index in [1.807, 2.05) is 36.4 Å². The van der Waals surface area contributed by atoms with Crippen molar-refractivity contribution >= 4 is 40.2 Å². The first kappa shape index (κ1) is 22.0. The molecule has 0 saturated carbocycles. The fraction of sp³-hybridized carbons (Fsp3) is 0.125. The third kappa shape index (κ3) is 4.54. The molecule has 162 valence electrons. The zero-order chi connectivity index (χ0) is 22.7. The van der Waals surface area contributed by atoms with Gasteiger partial charge < -0.3 is 4.90 Å². The number of aromatic nitrogens is 2. The molecule has 8 heteroatoms. The average Bonchev–Trinajstić information content (AvgIpc) is 2.80.